The van der Waals surface area contributed by atoms with Gasteiger partial charge in [0.05, 0.1) is 5.37 Å². The summed E-state index contributed by atoms with van der Waals surface area (Å²) >= 11 is 1.86. The minimum Gasteiger partial charge on any atom is -0.318 e. The predicted octanol–water partition coefficient (Wildman–Crippen LogP) is 0.976. The number of hydrogen-bond acceptors (Lipinski definition) is 3. The molecule has 1 fully saturated rings. The highest BCUT2D eigenvalue weighted by molar-refractivity contribution is 7.99. The third-order valence-electron chi connectivity index (χ3n) is 1.30. The lowest BCUT2D eigenvalue weighted by Gasteiger charge is -2.26. The fourth-order valence-electron chi connectivity index (χ4n) is 0.811. The molecular weight excluding hydrogens is 144 g/mol. The number of thioether (sulfide) groups is 1. The maximum absolute atomic E-state index is 5.65. The number of nitrogens with two attached hydrogens (primary N) is 1. The highest BCUT2D eigenvalue weighted by Gasteiger charge is 2.11. The van der Waals surface area contributed by atoms with Crippen LogP contribution < -0.4 is 5.73 Å². The molecule has 10 heavy (non-hydrogen) atoms. The number of likely N-dealkylation sites (N-methyl/N-ethyl adjacent to an activating group) is 1. The van der Waals surface area contributed by atoms with E-state index in [1.807, 2.05) is 25.6 Å². The summed E-state index contributed by atoms with van der Waals surface area (Å²) in [6, 6.07) is 0. The van der Waals surface area contributed by atoms with Crippen LogP contribution in [-0.2, 0) is 0 Å². The second kappa shape index (κ2) is 6.01. The van der Waals surface area contributed by atoms with Crippen LogP contribution in [0.5, 0.6) is 0 Å². The summed E-state index contributed by atoms with van der Waals surface area (Å²) in [5.41, 5.74) is 5.65. The summed E-state index contributed by atoms with van der Waals surface area (Å²) in [5, 5.41) is 0.355. The van der Waals surface area contributed by atoms with Crippen molar-refractivity contribution in [2.75, 3.05) is 25.9 Å². The number of nitrogens with zero attached hydrogens (tertiary/aromatic N) is 1. The van der Waals surface area contributed by atoms with Crippen LogP contribution in [0, 0.1) is 0 Å². The molecule has 0 aromatic carbocycles. The summed E-state index contributed by atoms with van der Waals surface area (Å²) in [4.78, 5) is 2.27. The topological polar surface area (TPSA) is 29.3 Å². The van der Waals surface area contributed by atoms with Gasteiger partial charge in [0, 0.05) is 18.8 Å². The molecular formula is C7H18N2S. The lowest BCUT2D eigenvalue weighted by Crippen LogP contribution is -2.39. The summed E-state index contributed by atoms with van der Waals surface area (Å²) in [6.07, 6.45) is 0. The maximum atomic E-state index is 5.65. The van der Waals surface area contributed by atoms with E-state index in [-0.39, 0.29) is 0 Å². The Bertz CT molecular complexity index is 70.0. The van der Waals surface area contributed by atoms with E-state index in [1.165, 1.54) is 12.3 Å². The zero-order valence-corrected chi connectivity index (χ0v) is 7.95. The molecule has 0 aromatic rings. The molecule has 1 aliphatic rings. The van der Waals surface area contributed by atoms with Crippen LogP contribution in [0.4, 0.5) is 0 Å². The van der Waals surface area contributed by atoms with Gasteiger partial charge in [-0.25, -0.2) is 0 Å². The van der Waals surface area contributed by atoms with Gasteiger partial charge in [-0.3, -0.25) is 0 Å². The van der Waals surface area contributed by atoms with Gasteiger partial charge in [0.25, 0.3) is 0 Å². The van der Waals surface area contributed by atoms with Gasteiger partial charge in [0.2, 0.25) is 0 Å². The Kier molecular flexibility index (Phi) is 6.17. The quantitative estimate of drug-likeness (QED) is 0.575. The van der Waals surface area contributed by atoms with Crippen LogP contribution in [0.15, 0.2) is 0 Å². The Morgan fingerprint density at radius 1 is 1.50 bits per heavy atom. The molecule has 1 rings (SSSR count). The van der Waals surface area contributed by atoms with Crippen molar-refractivity contribution >= 4 is 11.8 Å². The van der Waals surface area contributed by atoms with Crippen molar-refractivity contribution < 1.29 is 0 Å². The molecule has 0 radical (unpaired) electrons. The Morgan fingerprint density at radius 3 is 2.40 bits per heavy atom. The van der Waals surface area contributed by atoms with E-state index >= 15 is 0 Å². The van der Waals surface area contributed by atoms with Crippen molar-refractivity contribution in [3.05, 3.63) is 0 Å². The summed E-state index contributed by atoms with van der Waals surface area (Å²) < 4.78 is 0. The summed E-state index contributed by atoms with van der Waals surface area (Å²) in [5.74, 6) is 1.19. The fraction of sp³-hybridized carbons (Fsp3) is 1.00. The second-order valence-corrected chi connectivity index (χ2v) is 3.52. The third kappa shape index (κ3) is 4.14. The maximum Gasteiger partial charge on any atom is 0.0636 e. The van der Waals surface area contributed by atoms with Crippen molar-refractivity contribution in [2.24, 2.45) is 5.73 Å². The highest BCUT2D eigenvalue weighted by Crippen LogP contribution is 2.11. The molecule has 62 valence electrons. The normalized spacial score (nSPS) is 27.0. The van der Waals surface area contributed by atoms with Crippen LogP contribution in [-0.4, -0.2) is 36.2 Å². The molecule has 1 atom stereocenters. The molecule has 0 aliphatic carbocycles. The van der Waals surface area contributed by atoms with Crippen molar-refractivity contribution in [1.82, 2.24) is 4.90 Å². The van der Waals surface area contributed by atoms with E-state index in [4.69, 9.17) is 5.73 Å². The molecule has 1 unspecified atom stereocenters. The first-order chi connectivity index (χ1) is 4.79. The highest BCUT2D eigenvalue weighted by atomic mass is 32.2. The standard InChI is InChI=1S/C5H12N2S.C2H6/c1-7-2-3-8-5(6)4-7;1-2/h5H,2-4,6H2,1H3;1-2H3. The molecule has 0 spiro atoms. The molecule has 1 saturated heterocycles. The van der Waals surface area contributed by atoms with E-state index in [2.05, 4.69) is 11.9 Å². The molecule has 0 amide bonds. The first kappa shape index (κ1) is 10.3. The van der Waals surface area contributed by atoms with Crippen molar-refractivity contribution in [1.29, 1.82) is 0 Å². The monoisotopic (exact) mass is 162 g/mol. The molecule has 0 aromatic heterocycles. The summed E-state index contributed by atoms with van der Waals surface area (Å²) in [6.45, 7) is 6.24. The fourth-order valence-corrected chi connectivity index (χ4v) is 1.89. The largest absolute Gasteiger partial charge is 0.318 e. The van der Waals surface area contributed by atoms with Gasteiger partial charge in [-0.15, -0.1) is 11.8 Å². The average Bonchev–Trinajstić information content (AvgIpc) is 1.91. The molecule has 2 nitrogen and oxygen atoms in total. The molecule has 2 N–H and O–H groups in total. The Morgan fingerprint density at radius 2 is 2.10 bits per heavy atom. The lowest BCUT2D eigenvalue weighted by atomic mass is 10.5. The van der Waals surface area contributed by atoms with Gasteiger partial charge >= 0.3 is 0 Å². The molecule has 0 bridgehead atoms. The SMILES string of the molecule is CC.CN1CCSC(N)C1. The zero-order valence-electron chi connectivity index (χ0n) is 7.13. The first-order valence-electron chi connectivity index (χ1n) is 3.85. The number of hydrogen-bond donors (Lipinski definition) is 1. The van der Waals surface area contributed by atoms with Crippen LogP contribution >= 0.6 is 11.8 Å². The molecule has 0 saturated carbocycles. The first-order valence-corrected chi connectivity index (χ1v) is 4.89. The molecule has 3 heteroatoms. The van der Waals surface area contributed by atoms with Crippen molar-refractivity contribution in [3.8, 4) is 0 Å². The van der Waals surface area contributed by atoms with E-state index in [1.54, 1.807) is 0 Å². The van der Waals surface area contributed by atoms with Crippen LogP contribution in [0.25, 0.3) is 0 Å². The van der Waals surface area contributed by atoms with Crippen molar-refractivity contribution in [2.45, 2.75) is 19.2 Å². The predicted molar refractivity (Wildman–Crippen MR) is 49.3 cm³/mol. The lowest BCUT2D eigenvalue weighted by molar-refractivity contribution is 0.347. The minimum atomic E-state index is 0.355. The Hall–Kier alpha value is 0.270. The van der Waals surface area contributed by atoms with Gasteiger partial charge in [0.1, 0.15) is 0 Å². The van der Waals surface area contributed by atoms with Gasteiger partial charge < -0.3 is 10.6 Å². The Labute approximate surface area is 68.2 Å². The van der Waals surface area contributed by atoms with E-state index in [0.717, 1.165) is 6.54 Å². The van der Waals surface area contributed by atoms with Crippen LogP contribution in [0.3, 0.4) is 0 Å². The smallest absolute Gasteiger partial charge is 0.0636 e. The van der Waals surface area contributed by atoms with Gasteiger partial charge in [0.15, 0.2) is 0 Å². The van der Waals surface area contributed by atoms with Gasteiger partial charge in [-0.05, 0) is 7.05 Å². The van der Waals surface area contributed by atoms with Gasteiger partial charge in [-0.1, -0.05) is 13.8 Å². The molecule has 1 aliphatic heterocycles. The van der Waals surface area contributed by atoms with E-state index in [0.29, 0.717) is 5.37 Å². The number of rotatable bonds is 0. The average molecular weight is 162 g/mol. The third-order valence-corrected chi connectivity index (χ3v) is 2.29. The van der Waals surface area contributed by atoms with Gasteiger partial charge in [-0.2, -0.15) is 0 Å². The summed E-state index contributed by atoms with van der Waals surface area (Å²) in [7, 11) is 2.11. The molecule has 1 heterocycles. The Balaban J connectivity index is 0.000000371. The van der Waals surface area contributed by atoms with Crippen molar-refractivity contribution in [3.63, 3.8) is 0 Å². The van der Waals surface area contributed by atoms with E-state index < -0.39 is 0 Å². The zero-order chi connectivity index (χ0) is 7.98. The van der Waals surface area contributed by atoms with Crippen LogP contribution in [0.1, 0.15) is 13.8 Å². The second-order valence-electron chi connectivity index (χ2n) is 2.17. The van der Waals surface area contributed by atoms with Crippen LogP contribution in [0.2, 0.25) is 0 Å². The minimum absolute atomic E-state index is 0.355. The van der Waals surface area contributed by atoms with E-state index in [9.17, 15) is 0 Å².